The van der Waals surface area contributed by atoms with Crippen LogP contribution >= 0.6 is 0 Å². The van der Waals surface area contributed by atoms with Crippen LogP contribution in [-0.4, -0.2) is 31.0 Å². The number of hydrogen-bond donors (Lipinski definition) is 0. The topological polar surface area (TPSA) is 75.9 Å². The summed E-state index contributed by atoms with van der Waals surface area (Å²) in [5.41, 5.74) is 0. The number of carbonyl (C=O) groups excluding carboxylic acids is 3. The number of carbonyl (C=O) groups is 1. The summed E-state index contributed by atoms with van der Waals surface area (Å²) in [6, 6.07) is 0. The zero-order chi connectivity index (χ0) is 11.5. The molecule has 0 heterocycles. The molecule has 15 heavy (non-hydrogen) atoms. The Labute approximate surface area is 88.3 Å². The Kier molecular flexibility index (Phi) is 8.06. The van der Waals surface area contributed by atoms with E-state index in [0.29, 0.717) is 6.42 Å². The van der Waals surface area contributed by atoms with Crippen molar-refractivity contribution in [3.05, 3.63) is 0 Å². The van der Waals surface area contributed by atoms with Crippen molar-refractivity contribution in [3.63, 3.8) is 0 Å². The highest BCUT2D eigenvalue weighted by Crippen LogP contribution is 2.10. The fraction of sp³-hybridized carbons (Fsp3) is 0.700. The molecular formula is C10H14N2O3. The van der Waals surface area contributed by atoms with Gasteiger partial charge in [-0.1, -0.05) is 13.3 Å². The minimum Gasteiger partial charge on any atom is -0.299 e. The van der Waals surface area contributed by atoms with Gasteiger partial charge in [-0.15, -0.1) is 0 Å². The van der Waals surface area contributed by atoms with Gasteiger partial charge in [-0.2, -0.15) is 0 Å². The maximum absolute atomic E-state index is 11.5. The van der Waals surface area contributed by atoms with E-state index in [2.05, 4.69) is 9.98 Å². The van der Waals surface area contributed by atoms with Crippen LogP contribution in [0.15, 0.2) is 9.98 Å². The summed E-state index contributed by atoms with van der Waals surface area (Å²) in [4.78, 5) is 37.9. The van der Waals surface area contributed by atoms with Crippen LogP contribution in [0, 0.1) is 5.92 Å². The van der Waals surface area contributed by atoms with Gasteiger partial charge in [0.1, 0.15) is 5.78 Å². The van der Waals surface area contributed by atoms with Crippen LogP contribution in [0.4, 0.5) is 0 Å². The number of hydrogen-bond acceptors (Lipinski definition) is 5. The van der Waals surface area contributed by atoms with E-state index in [1.807, 2.05) is 6.92 Å². The second kappa shape index (κ2) is 9.00. The van der Waals surface area contributed by atoms with Crippen LogP contribution in [0.1, 0.15) is 26.2 Å². The van der Waals surface area contributed by atoms with Crippen molar-refractivity contribution in [2.24, 2.45) is 15.9 Å². The normalized spacial score (nSPS) is 11.0. The molecule has 0 spiro atoms. The summed E-state index contributed by atoms with van der Waals surface area (Å²) in [6.07, 6.45) is 4.53. The third kappa shape index (κ3) is 6.49. The van der Waals surface area contributed by atoms with Crippen molar-refractivity contribution >= 4 is 17.9 Å². The van der Waals surface area contributed by atoms with Crippen LogP contribution in [0.5, 0.6) is 0 Å². The van der Waals surface area contributed by atoms with Gasteiger partial charge in [0.25, 0.3) is 0 Å². The van der Waals surface area contributed by atoms with Gasteiger partial charge < -0.3 is 0 Å². The first-order valence-electron chi connectivity index (χ1n) is 4.86. The van der Waals surface area contributed by atoms with Crippen molar-refractivity contribution in [1.29, 1.82) is 0 Å². The number of Topliss-reactive ketones (excluding diaryl/α,β-unsaturated/α-hetero) is 1. The van der Waals surface area contributed by atoms with Crippen molar-refractivity contribution in [2.75, 3.05) is 13.1 Å². The minimum atomic E-state index is -0.252. The van der Waals surface area contributed by atoms with Gasteiger partial charge in [0.05, 0.1) is 13.1 Å². The number of nitrogens with zero attached hydrogens (tertiary/aromatic N) is 2. The first-order valence-corrected chi connectivity index (χ1v) is 4.86. The maximum atomic E-state index is 11.5. The van der Waals surface area contributed by atoms with Crippen molar-refractivity contribution in [1.82, 2.24) is 0 Å². The van der Waals surface area contributed by atoms with E-state index in [1.54, 1.807) is 0 Å². The molecule has 0 aromatic heterocycles. The quantitative estimate of drug-likeness (QED) is 0.443. The van der Waals surface area contributed by atoms with Gasteiger partial charge in [0.2, 0.25) is 12.2 Å². The lowest BCUT2D eigenvalue weighted by Crippen LogP contribution is -2.18. The average molecular weight is 210 g/mol. The van der Waals surface area contributed by atoms with Crippen LogP contribution in [0.3, 0.4) is 0 Å². The summed E-state index contributed by atoms with van der Waals surface area (Å²) in [5.74, 6) is -0.270. The lowest BCUT2D eigenvalue weighted by Gasteiger charge is -2.10. The molecule has 82 valence electrons. The fourth-order valence-corrected chi connectivity index (χ4v) is 1.27. The molecule has 0 amide bonds. The predicted molar refractivity (Wildman–Crippen MR) is 54.0 cm³/mol. The first-order chi connectivity index (χ1) is 7.26. The Hall–Kier alpha value is -1.57. The highest BCUT2D eigenvalue weighted by atomic mass is 16.1. The predicted octanol–water partition coefficient (Wildman–Crippen LogP) is 1.03. The van der Waals surface area contributed by atoms with Crippen molar-refractivity contribution in [3.8, 4) is 0 Å². The molecule has 0 rings (SSSR count). The summed E-state index contributed by atoms with van der Waals surface area (Å²) in [5, 5.41) is 0. The van der Waals surface area contributed by atoms with Crippen molar-refractivity contribution < 1.29 is 14.4 Å². The number of isocyanates is 2. The van der Waals surface area contributed by atoms with Gasteiger partial charge in [-0.3, -0.25) is 4.79 Å². The van der Waals surface area contributed by atoms with Crippen LogP contribution < -0.4 is 0 Å². The molecular weight excluding hydrogens is 196 g/mol. The lowest BCUT2D eigenvalue weighted by molar-refractivity contribution is -0.122. The van der Waals surface area contributed by atoms with Gasteiger partial charge in [-0.25, -0.2) is 19.6 Å². The molecule has 0 saturated carbocycles. The zero-order valence-corrected chi connectivity index (χ0v) is 8.73. The van der Waals surface area contributed by atoms with E-state index in [9.17, 15) is 14.4 Å². The van der Waals surface area contributed by atoms with Crippen LogP contribution in [0.2, 0.25) is 0 Å². The molecule has 0 bridgehead atoms. The molecule has 0 fully saturated rings. The standard InChI is InChI=1S/C10H14N2O3/c1-2-3-9(6-12-8-14)10(15)4-5-11-7-13/h9H,2-6H2,1H3. The highest BCUT2D eigenvalue weighted by Gasteiger charge is 2.16. The Morgan fingerprint density at radius 3 is 2.47 bits per heavy atom. The summed E-state index contributed by atoms with van der Waals surface area (Å²) in [7, 11) is 0. The monoisotopic (exact) mass is 210 g/mol. The van der Waals surface area contributed by atoms with Gasteiger partial charge in [-0.05, 0) is 6.42 Å². The van der Waals surface area contributed by atoms with E-state index in [-0.39, 0.29) is 31.2 Å². The molecule has 0 aromatic carbocycles. The van der Waals surface area contributed by atoms with E-state index in [0.717, 1.165) is 6.42 Å². The molecule has 5 nitrogen and oxygen atoms in total. The van der Waals surface area contributed by atoms with Crippen molar-refractivity contribution in [2.45, 2.75) is 26.2 Å². The average Bonchev–Trinajstić information content (AvgIpc) is 2.24. The van der Waals surface area contributed by atoms with E-state index in [1.165, 1.54) is 12.2 Å². The zero-order valence-electron chi connectivity index (χ0n) is 8.73. The molecule has 0 N–H and O–H groups in total. The molecule has 1 atom stereocenters. The Morgan fingerprint density at radius 2 is 1.93 bits per heavy atom. The summed E-state index contributed by atoms with van der Waals surface area (Å²) >= 11 is 0. The van der Waals surface area contributed by atoms with Gasteiger partial charge >= 0.3 is 0 Å². The largest absolute Gasteiger partial charge is 0.299 e. The molecule has 5 heteroatoms. The number of ketones is 1. The van der Waals surface area contributed by atoms with Gasteiger partial charge in [0.15, 0.2) is 0 Å². The smallest absolute Gasteiger partial charge is 0.234 e. The molecule has 0 saturated heterocycles. The lowest BCUT2D eigenvalue weighted by atomic mass is 9.97. The second-order valence-corrected chi connectivity index (χ2v) is 3.11. The Morgan fingerprint density at radius 1 is 1.27 bits per heavy atom. The molecule has 0 aliphatic carbocycles. The van der Waals surface area contributed by atoms with E-state index >= 15 is 0 Å². The second-order valence-electron chi connectivity index (χ2n) is 3.11. The van der Waals surface area contributed by atoms with E-state index < -0.39 is 0 Å². The Balaban J connectivity index is 4.14. The number of aliphatic imine (C=N–C) groups is 2. The van der Waals surface area contributed by atoms with Gasteiger partial charge in [0, 0.05) is 12.3 Å². The van der Waals surface area contributed by atoms with E-state index in [4.69, 9.17) is 0 Å². The maximum Gasteiger partial charge on any atom is 0.234 e. The molecule has 0 radical (unpaired) electrons. The minimum absolute atomic E-state index is 0.0187. The summed E-state index contributed by atoms with van der Waals surface area (Å²) < 4.78 is 0. The third-order valence-corrected chi connectivity index (χ3v) is 2.00. The summed E-state index contributed by atoms with van der Waals surface area (Å²) in [6.45, 7) is 2.29. The molecule has 0 aromatic rings. The van der Waals surface area contributed by atoms with Crippen LogP contribution in [-0.2, 0) is 14.4 Å². The molecule has 0 aliphatic rings. The molecule has 0 aliphatic heterocycles. The third-order valence-electron chi connectivity index (χ3n) is 2.00. The Bertz CT molecular complexity index is 289. The first kappa shape index (κ1) is 13.4. The van der Waals surface area contributed by atoms with Crippen LogP contribution in [0.25, 0.3) is 0 Å². The fourth-order valence-electron chi connectivity index (χ4n) is 1.27. The highest BCUT2D eigenvalue weighted by molar-refractivity contribution is 5.81. The SMILES string of the molecule is CCCC(CN=C=O)C(=O)CCN=C=O. The number of rotatable bonds is 8. The molecule has 1 unspecified atom stereocenters.